The summed E-state index contributed by atoms with van der Waals surface area (Å²) in [7, 11) is 0. The number of aryl methyl sites for hydroxylation is 1. The molecule has 6 nitrogen and oxygen atoms in total. The van der Waals surface area contributed by atoms with Gasteiger partial charge in [-0.3, -0.25) is 14.4 Å². The fourth-order valence-corrected chi connectivity index (χ4v) is 4.10. The van der Waals surface area contributed by atoms with Crippen LogP contribution in [0.15, 0.2) is 24.3 Å². The number of piperidine rings is 1. The van der Waals surface area contributed by atoms with Gasteiger partial charge in [-0.05, 0) is 44.2 Å². The summed E-state index contributed by atoms with van der Waals surface area (Å²) < 4.78 is 0. The summed E-state index contributed by atoms with van der Waals surface area (Å²) in [5.41, 5.74) is 2.00. The highest BCUT2D eigenvalue weighted by Gasteiger charge is 2.38. The van der Waals surface area contributed by atoms with Crippen molar-refractivity contribution < 1.29 is 14.4 Å². The van der Waals surface area contributed by atoms with Gasteiger partial charge in [-0.25, -0.2) is 0 Å². The Balaban J connectivity index is 1.49. The van der Waals surface area contributed by atoms with Crippen LogP contribution in [0.2, 0.25) is 0 Å². The summed E-state index contributed by atoms with van der Waals surface area (Å²) in [5.74, 6) is 0.432. The topological polar surface area (TPSA) is 69.7 Å². The first kappa shape index (κ1) is 21.3. The number of nitrogens with zero attached hydrogens (tertiary/aromatic N) is 2. The number of carbonyl (C=O) groups excluding carboxylic acids is 3. The molecule has 0 unspecified atom stereocenters. The number of nitrogens with one attached hydrogen (secondary N) is 1. The van der Waals surface area contributed by atoms with E-state index < -0.39 is 0 Å². The van der Waals surface area contributed by atoms with E-state index in [0.29, 0.717) is 44.9 Å². The van der Waals surface area contributed by atoms with Crippen LogP contribution in [0.25, 0.3) is 0 Å². The predicted octanol–water partition coefficient (Wildman–Crippen LogP) is 2.75. The van der Waals surface area contributed by atoms with E-state index in [1.165, 1.54) is 0 Å². The predicted molar refractivity (Wildman–Crippen MR) is 113 cm³/mol. The van der Waals surface area contributed by atoms with Crippen molar-refractivity contribution in [3.05, 3.63) is 29.8 Å². The highest BCUT2D eigenvalue weighted by atomic mass is 16.2. The first-order valence-corrected chi connectivity index (χ1v) is 10.8. The Morgan fingerprint density at radius 1 is 1.10 bits per heavy atom. The fraction of sp³-hybridized carbons (Fsp3) is 0.609. The summed E-state index contributed by atoms with van der Waals surface area (Å²) in [6, 6.07) is 7.83. The maximum atomic E-state index is 12.9. The third kappa shape index (κ3) is 5.37. The molecule has 0 aromatic heterocycles. The minimum absolute atomic E-state index is 0.00613. The summed E-state index contributed by atoms with van der Waals surface area (Å²) >= 11 is 0. The van der Waals surface area contributed by atoms with Crippen LogP contribution in [0.4, 0.5) is 5.69 Å². The van der Waals surface area contributed by atoms with Crippen LogP contribution in [0.3, 0.4) is 0 Å². The second-order valence-corrected chi connectivity index (χ2v) is 8.81. The molecule has 0 saturated carbocycles. The molecule has 2 aliphatic heterocycles. The number of anilines is 1. The smallest absolute Gasteiger partial charge is 0.228 e. The quantitative estimate of drug-likeness (QED) is 0.800. The number of likely N-dealkylation sites (tertiary alicyclic amines) is 1. The first-order chi connectivity index (χ1) is 13.8. The van der Waals surface area contributed by atoms with Crippen LogP contribution in [0, 0.1) is 24.7 Å². The van der Waals surface area contributed by atoms with Gasteiger partial charge in [0, 0.05) is 44.2 Å². The number of hydrogen-bond acceptors (Lipinski definition) is 3. The normalized spacial score (nSPS) is 20.4. The van der Waals surface area contributed by atoms with E-state index in [0.717, 1.165) is 17.7 Å². The molecule has 1 N–H and O–H groups in total. The molecule has 158 valence electrons. The van der Waals surface area contributed by atoms with E-state index in [1.54, 1.807) is 4.90 Å². The van der Waals surface area contributed by atoms with E-state index in [4.69, 9.17) is 0 Å². The van der Waals surface area contributed by atoms with Gasteiger partial charge < -0.3 is 15.1 Å². The van der Waals surface area contributed by atoms with Crippen LogP contribution in [0.5, 0.6) is 0 Å². The van der Waals surface area contributed by atoms with Crippen molar-refractivity contribution in [1.82, 2.24) is 10.2 Å². The standard InChI is InChI=1S/C23H33N3O3/c1-16(2)8-11-24-22(28)18-9-12-25(13-10-18)23(29)19-14-21(27)26(15-19)20-6-4-17(3)5-7-20/h4-7,16,18-19H,8-15H2,1-3H3,(H,24,28)/t19-/m1/s1. The lowest BCUT2D eigenvalue weighted by Gasteiger charge is -2.33. The van der Waals surface area contributed by atoms with Crippen molar-refractivity contribution in [2.45, 2.75) is 46.5 Å². The van der Waals surface area contributed by atoms with Gasteiger partial charge in [0.1, 0.15) is 0 Å². The minimum Gasteiger partial charge on any atom is -0.356 e. The van der Waals surface area contributed by atoms with Crippen LogP contribution in [-0.2, 0) is 14.4 Å². The zero-order chi connectivity index (χ0) is 21.0. The van der Waals surface area contributed by atoms with E-state index >= 15 is 0 Å². The van der Waals surface area contributed by atoms with Gasteiger partial charge >= 0.3 is 0 Å². The van der Waals surface area contributed by atoms with Gasteiger partial charge in [-0.1, -0.05) is 31.5 Å². The monoisotopic (exact) mass is 399 g/mol. The Hall–Kier alpha value is -2.37. The van der Waals surface area contributed by atoms with E-state index in [9.17, 15) is 14.4 Å². The molecule has 6 heteroatoms. The molecule has 1 aromatic carbocycles. The van der Waals surface area contributed by atoms with Gasteiger partial charge in [0.2, 0.25) is 17.7 Å². The molecule has 0 radical (unpaired) electrons. The number of carbonyl (C=O) groups is 3. The minimum atomic E-state index is -0.291. The fourth-order valence-electron chi connectivity index (χ4n) is 4.10. The maximum Gasteiger partial charge on any atom is 0.228 e. The average molecular weight is 400 g/mol. The molecule has 2 heterocycles. The molecule has 1 aromatic rings. The lowest BCUT2D eigenvalue weighted by molar-refractivity contribution is -0.139. The summed E-state index contributed by atoms with van der Waals surface area (Å²) in [6.07, 6.45) is 2.64. The highest BCUT2D eigenvalue weighted by molar-refractivity contribution is 6.00. The van der Waals surface area contributed by atoms with Gasteiger partial charge in [-0.15, -0.1) is 0 Å². The largest absolute Gasteiger partial charge is 0.356 e. The lowest BCUT2D eigenvalue weighted by Crippen LogP contribution is -2.45. The average Bonchev–Trinajstić information content (AvgIpc) is 3.09. The summed E-state index contributed by atoms with van der Waals surface area (Å²) in [5, 5.41) is 3.02. The Morgan fingerprint density at radius 3 is 2.38 bits per heavy atom. The zero-order valence-electron chi connectivity index (χ0n) is 17.8. The van der Waals surface area contributed by atoms with Gasteiger partial charge in [0.25, 0.3) is 0 Å². The third-order valence-electron chi connectivity index (χ3n) is 6.02. The zero-order valence-corrected chi connectivity index (χ0v) is 17.8. The van der Waals surface area contributed by atoms with Crippen LogP contribution in [-0.4, -0.2) is 48.8 Å². The number of amides is 3. The number of rotatable bonds is 6. The molecule has 2 aliphatic rings. The second-order valence-electron chi connectivity index (χ2n) is 8.81. The van der Waals surface area contributed by atoms with Crippen LogP contribution in [0.1, 0.15) is 45.1 Å². The maximum absolute atomic E-state index is 12.9. The lowest BCUT2D eigenvalue weighted by atomic mass is 9.94. The molecule has 3 amide bonds. The molecule has 2 saturated heterocycles. The van der Waals surface area contributed by atoms with Crippen molar-refractivity contribution in [3.63, 3.8) is 0 Å². The molecule has 1 atom stereocenters. The van der Waals surface area contributed by atoms with Crippen LogP contribution < -0.4 is 10.2 Å². The third-order valence-corrected chi connectivity index (χ3v) is 6.02. The van der Waals surface area contributed by atoms with Crippen LogP contribution >= 0.6 is 0 Å². The SMILES string of the molecule is Cc1ccc(N2C[C@H](C(=O)N3CCC(C(=O)NCCC(C)C)CC3)CC2=O)cc1. The molecular weight excluding hydrogens is 366 g/mol. The first-order valence-electron chi connectivity index (χ1n) is 10.8. The molecule has 0 bridgehead atoms. The van der Waals surface area contributed by atoms with Crippen molar-refractivity contribution >= 4 is 23.4 Å². The Bertz CT molecular complexity index is 736. The Kier molecular flexibility index (Phi) is 6.93. The number of benzene rings is 1. The van der Waals surface area contributed by atoms with Crippen molar-refractivity contribution in [3.8, 4) is 0 Å². The molecular formula is C23H33N3O3. The van der Waals surface area contributed by atoms with E-state index in [1.807, 2.05) is 36.1 Å². The molecule has 2 fully saturated rings. The van der Waals surface area contributed by atoms with Crippen molar-refractivity contribution in [1.29, 1.82) is 0 Å². The Labute approximate surface area is 173 Å². The molecule has 0 aliphatic carbocycles. The summed E-state index contributed by atoms with van der Waals surface area (Å²) in [4.78, 5) is 41.3. The number of hydrogen-bond donors (Lipinski definition) is 1. The van der Waals surface area contributed by atoms with Gasteiger partial charge in [0.15, 0.2) is 0 Å². The van der Waals surface area contributed by atoms with E-state index in [2.05, 4.69) is 19.2 Å². The van der Waals surface area contributed by atoms with E-state index in [-0.39, 0.29) is 36.0 Å². The van der Waals surface area contributed by atoms with Gasteiger partial charge in [-0.2, -0.15) is 0 Å². The Morgan fingerprint density at radius 2 is 1.76 bits per heavy atom. The summed E-state index contributed by atoms with van der Waals surface area (Å²) in [6.45, 7) is 8.64. The second kappa shape index (κ2) is 9.42. The van der Waals surface area contributed by atoms with Gasteiger partial charge in [0.05, 0.1) is 5.92 Å². The molecule has 29 heavy (non-hydrogen) atoms. The van der Waals surface area contributed by atoms with Crippen molar-refractivity contribution in [2.24, 2.45) is 17.8 Å². The molecule has 3 rings (SSSR count). The van der Waals surface area contributed by atoms with Crippen molar-refractivity contribution in [2.75, 3.05) is 31.1 Å². The molecule has 0 spiro atoms. The highest BCUT2D eigenvalue weighted by Crippen LogP contribution is 2.28.